The summed E-state index contributed by atoms with van der Waals surface area (Å²) < 4.78 is 24.3. The largest absolute Gasteiger partial charge is 0.325 e. The Labute approximate surface area is 75.8 Å². The fraction of sp³-hybridized carbons (Fsp3) is 0.500. The lowest BCUT2D eigenvalue weighted by molar-refractivity contribution is -0.130. The minimum atomic E-state index is -3.05. The molecule has 1 aromatic rings. The SMILES string of the molecule is Cc1nn(CC(=O)C(F)F)c(=O)s1. The van der Waals surface area contributed by atoms with Crippen molar-refractivity contribution in [1.82, 2.24) is 9.78 Å². The van der Waals surface area contributed by atoms with Crippen molar-refractivity contribution in [2.75, 3.05) is 0 Å². The Hall–Kier alpha value is -1.11. The van der Waals surface area contributed by atoms with Gasteiger partial charge in [0.1, 0.15) is 11.6 Å². The summed E-state index contributed by atoms with van der Waals surface area (Å²) in [7, 11) is 0. The summed E-state index contributed by atoms with van der Waals surface area (Å²) in [5.74, 6) is -1.30. The molecule has 0 unspecified atom stereocenters. The van der Waals surface area contributed by atoms with Gasteiger partial charge in [-0.05, 0) is 6.92 Å². The molecule has 0 spiro atoms. The smallest absolute Gasteiger partial charge is 0.291 e. The lowest BCUT2D eigenvalue weighted by Crippen LogP contribution is -2.24. The maximum Gasteiger partial charge on any atom is 0.325 e. The van der Waals surface area contributed by atoms with Crippen molar-refractivity contribution in [2.45, 2.75) is 19.9 Å². The molecular weight excluding hydrogens is 202 g/mol. The highest BCUT2D eigenvalue weighted by atomic mass is 32.1. The number of ketones is 1. The van der Waals surface area contributed by atoms with E-state index in [4.69, 9.17) is 0 Å². The van der Waals surface area contributed by atoms with Gasteiger partial charge in [0.2, 0.25) is 5.78 Å². The highest BCUT2D eigenvalue weighted by molar-refractivity contribution is 7.08. The van der Waals surface area contributed by atoms with Crippen molar-refractivity contribution < 1.29 is 13.6 Å². The standard InChI is InChI=1S/C6H6F2N2O2S/c1-3-9-10(6(12)13-3)2-4(11)5(7)8/h5H,2H2,1H3. The molecular formula is C6H6F2N2O2S. The summed E-state index contributed by atoms with van der Waals surface area (Å²) in [5.41, 5.74) is 0. The molecule has 4 nitrogen and oxygen atoms in total. The van der Waals surface area contributed by atoms with Gasteiger partial charge in [-0.25, -0.2) is 13.5 Å². The molecule has 0 aliphatic carbocycles. The zero-order valence-corrected chi connectivity index (χ0v) is 7.48. The number of hydrogen-bond acceptors (Lipinski definition) is 4. The summed E-state index contributed by atoms with van der Waals surface area (Å²) >= 11 is 0.822. The average Bonchev–Trinajstić information content (AvgIpc) is 2.30. The van der Waals surface area contributed by atoms with Crippen LogP contribution in [0.4, 0.5) is 8.78 Å². The molecule has 0 radical (unpaired) electrons. The monoisotopic (exact) mass is 208 g/mol. The van der Waals surface area contributed by atoms with E-state index in [9.17, 15) is 18.4 Å². The van der Waals surface area contributed by atoms with Crippen LogP contribution in [0.25, 0.3) is 0 Å². The van der Waals surface area contributed by atoms with Crippen LogP contribution in [0.1, 0.15) is 5.01 Å². The molecule has 7 heteroatoms. The van der Waals surface area contributed by atoms with Crippen LogP contribution in [0.15, 0.2) is 4.79 Å². The molecule has 0 aromatic carbocycles. The number of aryl methyl sites for hydroxylation is 1. The summed E-state index contributed by atoms with van der Waals surface area (Å²) in [5, 5.41) is 4.05. The first kappa shape index (κ1) is 9.97. The van der Waals surface area contributed by atoms with Crippen LogP contribution < -0.4 is 4.87 Å². The third kappa shape index (κ3) is 2.41. The zero-order chi connectivity index (χ0) is 10.0. The lowest BCUT2D eigenvalue weighted by atomic mass is 10.4. The number of carbonyl (C=O) groups excluding carboxylic acids is 1. The van der Waals surface area contributed by atoms with Crippen molar-refractivity contribution in [3.05, 3.63) is 14.7 Å². The van der Waals surface area contributed by atoms with Crippen molar-refractivity contribution in [2.24, 2.45) is 0 Å². The number of aromatic nitrogens is 2. The van der Waals surface area contributed by atoms with Crippen molar-refractivity contribution in [3.63, 3.8) is 0 Å². The number of alkyl halides is 2. The highest BCUT2D eigenvalue weighted by Gasteiger charge is 2.17. The first-order valence-electron chi connectivity index (χ1n) is 3.36. The summed E-state index contributed by atoms with van der Waals surface area (Å²) in [6.45, 7) is 0.913. The Morgan fingerprint density at radius 2 is 2.31 bits per heavy atom. The Morgan fingerprint density at radius 3 is 2.69 bits per heavy atom. The molecule has 13 heavy (non-hydrogen) atoms. The van der Waals surface area contributed by atoms with Gasteiger partial charge in [0.05, 0.1) is 0 Å². The molecule has 0 fully saturated rings. The normalized spacial score (nSPS) is 10.8. The second kappa shape index (κ2) is 3.73. The van der Waals surface area contributed by atoms with E-state index in [-0.39, 0.29) is 0 Å². The average molecular weight is 208 g/mol. The fourth-order valence-corrected chi connectivity index (χ4v) is 1.33. The molecule has 0 saturated carbocycles. The summed E-state index contributed by atoms with van der Waals surface area (Å²) in [4.78, 5) is 21.0. The lowest BCUT2D eigenvalue weighted by Gasteiger charge is -1.96. The summed E-state index contributed by atoms with van der Waals surface area (Å²) in [6, 6.07) is 0. The van der Waals surface area contributed by atoms with Gasteiger partial charge in [0.25, 0.3) is 6.43 Å². The molecule has 0 amide bonds. The van der Waals surface area contributed by atoms with Gasteiger partial charge in [0, 0.05) is 0 Å². The predicted molar refractivity (Wildman–Crippen MR) is 42.1 cm³/mol. The molecule has 0 saturated heterocycles. The van der Waals surface area contributed by atoms with Crippen molar-refractivity contribution in [3.8, 4) is 0 Å². The number of hydrogen-bond donors (Lipinski definition) is 0. The topological polar surface area (TPSA) is 52.0 Å². The first-order chi connectivity index (χ1) is 6.00. The number of nitrogens with zero attached hydrogens (tertiary/aromatic N) is 2. The number of halogens is 2. The molecule has 0 atom stereocenters. The molecule has 0 N–H and O–H groups in total. The van der Waals surface area contributed by atoms with Gasteiger partial charge < -0.3 is 0 Å². The zero-order valence-electron chi connectivity index (χ0n) is 6.66. The highest BCUT2D eigenvalue weighted by Crippen LogP contribution is 1.98. The van der Waals surface area contributed by atoms with E-state index in [1.807, 2.05) is 0 Å². The van der Waals surface area contributed by atoms with Crippen LogP contribution in [0.5, 0.6) is 0 Å². The molecule has 0 bridgehead atoms. The second-order valence-corrected chi connectivity index (χ2v) is 3.46. The Morgan fingerprint density at radius 1 is 1.69 bits per heavy atom. The quantitative estimate of drug-likeness (QED) is 0.724. The van der Waals surface area contributed by atoms with E-state index in [1.165, 1.54) is 0 Å². The Kier molecular flexibility index (Phi) is 2.86. The third-order valence-electron chi connectivity index (χ3n) is 1.26. The van der Waals surface area contributed by atoms with Crippen LogP contribution in [-0.4, -0.2) is 22.0 Å². The van der Waals surface area contributed by atoms with Crippen LogP contribution in [0.3, 0.4) is 0 Å². The van der Waals surface area contributed by atoms with E-state index in [1.54, 1.807) is 6.92 Å². The van der Waals surface area contributed by atoms with Crippen LogP contribution >= 0.6 is 11.3 Å². The molecule has 1 rings (SSSR count). The molecule has 1 heterocycles. The van der Waals surface area contributed by atoms with Crippen LogP contribution in [-0.2, 0) is 11.3 Å². The molecule has 0 aliphatic heterocycles. The Bertz CT molecular complexity index is 371. The molecule has 72 valence electrons. The van der Waals surface area contributed by atoms with E-state index >= 15 is 0 Å². The van der Waals surface area contributed by atoms with Gasteiger partial charge >= 0.3 is 4.87 Å². The first-order valence-corrected chi connectivity index (χ1v) is 4.18. The minimum absolute atomic E-state index is 0.451. The minimum Gasteiger partial charge on any atom is -0.291 e. The maximum atomic E-state index is 11.8. The third-order valence-corrected chi connectivity index (χ3v) is 2.02. The van der Waals surface area contributed by atoms with E-state index in [2.05, 4.69) is 5.10 Å². The summed E-state index contributed by atoms with van der Waals surface area (Å²) in [6.07, 6.45) is -3.05. The number of Topliss-reactive ketones (excluding diaryl/α,β-unsaturated/α-hetero) is 1. The molecule has 1 aromatic heterocycles. The Balaban J connectivity index is 2.80. The predicted octanol–water partition coefficient (Wildman–Crippen LogP) is 0.447. The van der Waals surface area contributed by atoms with E-state index < -0.39 is 23.6 Å². The van der Waals surface area contributed by atoms with Crippen LogP contribution in [0.2, 0.25) is 0 Å². The maximum absolute atomic E-state index is 11.8. The van der Waals surface area contributed by atoms with Gasteiger partial charge in [-0.2, -0.15) is 5.10 Å². The number of carbonyl (C=O) groups is 1. The van der Waals surface area contributed by atoms with E-state index in [0.29, 0.717) is 5.01 Å². The number of rotatable bonds is 3. The van der Waals surface area contributed by atoms with Gasteiger partial charge in [-0.1, -0.05) is 11.3 Å². The fourth-order valence-electron chi connectivity index (χ4n) is 0.727. The van der Waals surface area contributed by atoms with Crippen molar-refractivity contribution in [1.29, 1.82) is 0 Å². The molecule has 0 aliphatic rings. The van der Waals surface area contributed by atoms with Gasteiger partial charge in [-0.15, -0.1) is 0 Å². The van der Waals surface area contributed by atoms with Crippen molar-refractivity contribution >= 4 is 17.1 Å². The second-order valence-electron chi connectivity index (χ2n) is 2.31. The van der Waals surface area contributed by atoms with Gasteiger partial charge in [0.15, 0.2) is 0 Å². The van der Waals surface area contributed by atoms with Crippen LogP contribution in [0, 0.1) is 6.92 Å². The van der Waals surface area contributed by atoms with E-state index in [0.717, 1.165) is 16.0 Å². The van der Waals surface area contributed by atoms with Gasteiger partial charge in [-0.3, -0.25) is 9.59 Å².